The summed E-state index contributed by atoms with van der Waals surface area (Å²) in [5.41, 5.74) is 1.24. The predicted molar refractivity (Wildman–Crippen MR) is 63.0 cm³/mol. The Balaban J connectivity index is 2.37. The molecule has 14 heavy (non-hydrogen) atoms. The lowest BCUT2D eigenvalue weighted by Gasteiger charge is -2.28. The number of ether oxygens (including phenoxy) is 1. The summed E-state index contributed by atoms with van der Waals surface area (Å²) in [5.74, 6) is 1.38. The summed E-state index contributed by atoms with van der Waals surface area (Å²) in [5, 5.41) is 12.9. The van der Waals surface area contributed by atoms with E-state index in [4.69, 9.17) is 4.74 Å². The number of rotatable bonds is 2. The summed E-state index contributed by atoms with van der Waals surface area (Å²) >= 11 is 2.12. The molecule has 0 bridgehead atoms. The van der Waals surface area contributed by atoms with Gasteiger partial charge in [-0.15, -0.1) is 0 Å². The van der Waals surface area contributed by atoms with Gasteiger partial charge in [-0.2, -0.15) is 0 Å². The Hall–Kier alpha value is -0.490. The molecule has 0 atom stereocenters. The van der Waals surface area contributed by atoms with Gasteiger partial charge in [0.1, 0.15) is 0 Å². The van der Waals surface area contributed by atoms with E-state index in [1.165, 1.54) is 5.56 Å². The maximum absolute atomic E-state index is 9.65. The van der Waals surface area contributed by atoms with Crippen LogP contribution in [0.4, 0.5) is 0 Å². The van der Waals surface area contributed by atoms with Crippen LogP contribution in [-0.4, -0.2) is 25.3 Å². The average molecular weight is 305 g/mol. The molecule has 76 valence electrons. The first-order valence-electron chi connectivity index (χ1n) is 4.49. The Bertz CT molecular complexity index is 350. The van der Waals surface area contributed by atoms with Crippen LogP contribution in [0.3, 0.4) is 0 Å². The van der Waals surface area contributed by atoms with Crippen molar-refractivity contribution in [2.45, 2.75) is 5.92 Å². The molecule has 1 saturated heterocycles. The highest BCUT2D eigenvalue weighted by atomic mass is 127. The van der Waals surface area contributed by atoms with E-state index < -0.39 is 0 Å². The second kappa shape index (κ2) is 3.94. The fraction of sp³-hybridized carbons (Fsp3) is 0.400. The van der Waals surface area contributed by atoms with Gasteiger partial charge in [-0.1, -0.05) is 0 Å². The number of halogens is 1. The van der Waals surface area contributed by atoms with Crippen molar-refractivity contribution in [3.05, 3.63) is 21.3 Å². The van der Waals surface area contributed by atoms with Gasteiger partial charge in [-0.25, -0.2) is 0 Å². The first kappa shape index (κ1) is 10.0. The van der Waals surface area contributed by atoms with Crippen LogP contribution in [0.15, 0.2) is 12.1 Å². The van der Waals surface area contributed by atoms with Gasteiger partial charge in [0.05, 0.1) is 10.7 Å². The van der Waals surface area contributed by atoms with Gasteiger partial charge in [0, 0.05) is 19.0 Å². The molecule has 0 amide bonds. The number of aromatic hydroxyl groups is 1. The Morgan fingerprint density at radius 3 is 2.71 bits per heavy atom. The van der Waals surface area contributed by atoms with Gasteiger partial charge in [-0.3, -0.25) is 0 Å². The second-order valence-electron chi connectivity index (χ2n) is 3.41. The SMILES string of the molecule is COc1cc(C2CNC2)cc(I)c1O. The molecule has 0 aromatic heterocycles. The molecule has 0 spiro atoms. The Morgan fingerprint density at radius 2 is 2.21 bits per heavy atom. The molecular weight excluding hydrogens is 293 g/mol. The van der Waals surface area contributed by atoms with E-state index >= 15 is 0 Å². The monoisotopic (exact) mass is 305 g/mol. The van der Waals surface area contributed by atoms with Crippen LogP contribution in [0, 0.1) is 3.57 Å². The van der Waals surface area contributed by atoms with Crippen LogP contribution < -0.4 is 10.1 Å². The van der Waals surface area contributed by atoms with Gasteiger partial charge in [0.2, 0.25) is 0 Å². The minimum atomic E-state index is 0.240. The summed E-state index contributed by atoms with van der Waals surface area (Å²) in [4.78, 5) is 0. The molecule has 2 N–H and O–H groups in total. The minimum Gasteiger partial charge on any atom is -0.504 e. The van der Waals surface area contributed by atoms with Crippen LogP contribution in [0.5, 0.6) is 11.5 Å². The van der Waals surface area contributed by atoms with Crippen molar-refractivity contribution in [3.8, 4) is 11.5 Å². The molecule has 0 aliphatic carbocycles. The summed E-state index contributed by atoms with van der Waals surface area (Å²) in [7, 11) is 1.58. The third-order valence-electron chi connectivity index (χ3n) is 2.52. The number of benzene rings is 1. The molecule has 1 aromatic carbocycles. The maximum Gasteiger partial charge on any atom is 0.171 e. The van der Waals surface area contributed by atoms with Crippen LogP contribution in [0.1, 0.15) is 11.5 Å². The molecule has 2 rings (SSSR count). The van der Waals surface area contributed by atoms with Crippen molar-refractivity contribution in [3.63, 3.8) is 0 Å². The zero-order valence-corrected chi connectivity index (χ0v) is 10.0. The van der Waals surface area contributed by atoms with Gasteiger partial charge >= 0.3 is 0 Å². The highest BCUT2D eigenvalue weighted by molar-refractivity contribution is 14.1. The highest BCUT2D eigenvalue weighted by Crippen LogP contribution is 2.35. The van der Waals surface area contributed by atoms with Crippen molar-refractivity contribution in [1.29, 1.82) is 0 Å². The van der Waals surface area contributed by atoms with Crippen LogP contribution in [-0.2, 0) is 0 Å². The van der Waals surface area contributed by atoms with Gasteiger partial charge in [0.15, 0.2) is 11.5 Å². The van der Waals surface area contributed by atoms with Crippen molar-refractivity contribution in [2.24, 2.45) is 0 Å². The van der Waals surface area contributed by atoms with E-state index in [0.717, 1.165) is 16.7 Å². The number of phenolic OH excluding ortho intramolecular Hbond substituents is 1. The average Bonchev–Trinajstić information content (AvgIpc) is 2.08. The summed E-state index contributed by atoms with van der Waals surface area (Å²) in [6, 6.07) is 3.94. The normalized spacial score (nSPS) is 16.4. The van der Waals surface area contributed by atoms with E-state index in [9.17, 15) is 5.11 Å². The Labute approximate surface area is 96.6 Å². The number of phenols is 1. The molecule has 1 aliphatic heterocycles. The maximum atomic E-state index is 9.65. The van der Waals surface area contributed by atoms with Gasteiger partial charge in [0.25, 0.3) is 0 Å². The zero-order chi connectivity index (χ0) is 10.1. The molecule has 1 aromatic rings. The van der Waals surface area contributed by atoms with Gasteiger partial charge < -0.3 is 15.2 Å². The molecule has 0 saturated carbocycles. The Morgan fingerprint density at radius 1 is 1.50 bits per heavy atom. The molecule has 1 heterocycles. The van der Waals surface area contributed by atoms with Gasteiger partial charge in [-0.05, 0) is 40.3 Å². The zero-order valence-electron chi connectivity index (χ0n) is 7.88. The Kier molecular flexibility index (Phi) is 2.83. The third kappa shape index (κ3) is 1.68. The van der Waals surface area contributed by atoms with Crippen molar-refractivity contribution in [2.75, 3.05) is 20.2 Å². The number of methoxy groups -OCH3 is 1. The van der Waals surface area contributed by atoms with Crippen LogP contribution in [0.2, 0.25) is 0 Å². The fourth-order valence-electron chi connectivity index (χ4n) is 1.51. The molecule has 3 nitrogen and oxygen atoms in total. The van der Waals surface area contributed by atoms with Crippen LogP contribution in [0.25, 0.3) is 0 Å². The first-order chi connectivity index (χ1) is 6.72. The minimum absolute atomic E-state index is 0.240. The molecule has 0 unspecified atom stereocenters. The van der Waals surface area contributed by atoms with Crippen molar-refractivity contribution < 1.29 is 9.84 Å². The second-order valence-corrected chi connectivity index (χ2v) is 4.57. The largest absolute Gasteiger partial charge is 0.504 e. The number of nitrogens with one attached hydrogen (secondary N) is 1. The lowest BCUT2D eigenvalue weighted by molar-refractivity contribution is 0.368. The standard InChI is InChI=1S/C10H12INO2/c1-14-9-3-6(7-4-12-5-7)2-8(11)10(9)13/h2-3,7,12-13H,4-5H2,1H3. The number of hydrogen-bond donors (Lipinski definition) is 2. The van der Waals surface area contributed by atoms with Crippen molar-refractivity contribution >= 4 is 22.6 Å². The van der Waals surface area contributed by atoms with E-state index in [-0.39, 0.29) is 5.75 Å². The van der Waals surface area contributed by atoms with E-state index in [1.807, 2.05) is 12.1 Å². The molecule has 1 aliphatic rings. The summed E-state index contributed by atoms with van der Waals surface area (Å²) in [6.45, 7) is 2.04. The summed E-state index contributed by atoms with van der Waals surface area (Å²) < 4.78 is 5.96. The topological polar surface area (TPSA) is 41.5 Å². The quantitative estimate of drug-likeness (QED) is 0.817. The highest BCUT2D eigenvalue weighted by Gasteiger charge is 2.21. The lowest BCUT2D eigenvalue weighted by atomic mass is 9.93. The predicted octanol–water partition coefficient (Wildman–Crippen LogP) is 1.69. The molecule has 4 heteroatoms. The van der Waals surface area contributed by atoms with E-state index in [1.54, 1.807) is 7.11 Å². The first-order valence-corrected chi connectivity index (χ1v) is 5.57. The van der Waals surface area contributed by atoms with Crippen LogP contribution >= 0.6 is 22.6 Å². The molecule has 0 radical (unpaired) electrons. The summed E-state index contributed by atoms with van der Waals surface area (Å²) in [6.07, 6.45) is 0. The smallest absolute Gasteiger partial charge is 0.171 e. The molecular formula is C10H12INO2. The van der Waals surface area contributed by atoms with E-state index in [2.05, 4.69) is 27.9 Å². The third-order valence-corrected chi connectivity index (χ3v) is 3.35. The fourth-order valence-corrected chi connectivity index (χ4v) is 2.13. The number of hydrogen-bond acceptors (Lipinski definition) is 3. The van der Waals surface area contributed by atoms with E-state index in [0.29, 0.717) is 11.7 Å². The lowest BCUT2D eigenvalue weighted by Crippen LogP contribution is -2.39. The molecule has 1 fully saturated rings. The van der Waals surface area contributed by atoms with Crippen molar-refractivity contribution in [1.82, 2.24) is 5.32 Å².